The summed E-state index contributed by atoms with van der Waals surface area (Å²) in [5.74, 6) is -0.841. The lowest BCUT2D eigenvalue weighted by atomic mass is 10.2. The Morgan fingerprint density at radius 2 is 1.92 bits per heavy atom. The molecule has 1 saturated carbocycles. The van der Waals surface area contributed by atoms with E-state index in [1.807, 2.05) is 0 Å². The number of benzene rings is 2. The van der Waals surface area contributed by atoms with Crippen molar-refractivity contribution in [2.75, 3.05) is 9.62 Å². The van der Waals surface area contributed by atoms with Crippen LogP contribution in [0.5, 0.6) is 0 Å². The van der Waals surface area contributed by atoms with Gasteiger partial charge in [0.05, 0.1) is 16.4 Å². The largest absolute Gasteiger partial charge is 0.308 e. The van der Waals surface area contributed by atoms with Crippen LogP contribution in [0.3, 0.4) is 0 Å². The second kappa shape index (κ2) is 6.65. The van der Waals surface area contributed by atoms with E-state index in [0.717, 1.165) is 18.9 Å². The average molecular weight is 383 g/mol. The van der Waals surface area contributed by atoms with E-state index >= 15 is 0 Å². The molecule has 1 amide bonds. The summed E-state index contributed by atoms with van der Waals surface area (Å²) >= 11 is 5.96. The predicted octanol–water partition coefficient (Wildman–Crippen LogP) is 3.80. The van der Waals surface area contributed by atoms with Gasteiger partial charge in [0.25, 0.3) is 10.0 Å². The molecule has 0 radical (unpaired) electrons. The van der Waals surface area contributed by atoms with E-state index in [-0.39, 0.29) is 27.6 Å². The van der Waals surface area contributed by atoms with E-state index in [4.69, 9.17) is 11.6 Å². The summed E-state index contributed by atoms with van der Waals surface area (Å²) in [5, 5.41) is 0.0542. The Kier molecular flexibility index (Phi) is 4.71. The number of carbonyl (C=O) groups is 1. The highest BCUT2D eigenvalue weighted by Crippen LogP contribution is 2.37. The van der Waals surface area contributed by atoms with Crippen molar-refractivity contribution in [3.8, 4) is 0 Å². The number of hydrogen-bond donors (Lipinski definition) is 1. The predicted molar refractivity (Wildman–Crippen MR) is 94.8 cm³/mol. The highest BCUT2D eigenvalue weighted by molar-refractivity contribution is 7.92. The smallest absolute Gasteiger partial charge is 0.263 e. The molecule has 1 aliphatic rings. The fraction of sp³-hybridized carbons (Fsp3) is 0.235. The second-order valence-electron chi connectivity index (χ2n) is 5.82. The maximum atomic E-state index is 13.7. The number of anilines is 2. The summed E-state index contributed by atoms with van der Waals surface area (Å²) in [6, 6.07) is 9.62. The summed E-state index contributed by atoms with van der Waals surface area (Å²) in [4.78, 5) is 13.4. The lowest BCUT2D eigenvalue weighted by Crippen LogP contribution is -2.31. The lowest BCUT2D eigenvalue weighted by molar-refractivity contribution is -0.116. The number of nitrogens with one attached hydrogen (secondary N) is 1. The summed E-state index contributed by atoms with van der Waals surface area (Å²) in [5.41, 5.74) is 0.328. The summed E-state index contributed by atoms with van der Waals surface area (Å²) in [7, 11) is -4.03. The molecule has 0 aliphatic heterocycles. The Morgan fingerprint density at radius 1 is 1.24 bits per heavy atom. The van der Waals surface area contributed by atoms with Crippen molar-refractivity contribution < 1.29 is 17.6 Å². The van der Waals surface area contributed by atoms with Gasteiger partial charge < -0.3 is 4.90 Å². The molecule has 5 nitrogen and oxygen atoms in total. The molecule has 0 spiro atoms. The zero-order chi connectivity index (χ0) is 18.2. The van der Waals surface area contributed by atoms with E-state index in [9.17, 15) is 17.6 Å². The third-order valence-corrected chi connectivity index (χ3v) is 5.71. The molecule has 2 aromatic rings. The van der Waals surface area contributed by atoms with Crippen LogP contribution in [0.15, 0.2) is 47.4 Å². The fourth-order valence-corrected chi connectivity index (χ4v) is 4.20. The molecule has 0 unspecified atom stereocenters. The van der Waals surface area contributed by atoms with Crippen LogP contribution < -0.4 is 9.62 Å². The number of halogens is 2. The molecule has 3 rings (SSSR count). The van der Waals surface area contributed by atoms with Crippen LogP contribution in [-0.2, 0) is 14.8 Å². The van der Waals surface area contributed by atoms with Gasteiger partial charge in [-0.25, -0.2) is 12.8 Å². The average Bonchev–Trinajstić information content (AvgIpc) is 3.34. The molecular weight excluding hydrogens is 367 g/mol. The van der Waals surface area contributed by atoms with Crippen LogP contribution in [0, 0.1) is 5.82 Å². The monoisotopic (exact) mass is 382 g/mol. The third kappa shape index (κ3) is 3.77. The molecule has 0 bridgehead atoms. The van der Waals surface area contributed by atoms with Crippen molar-refractivity contribution in [1.82, 2.24) is 0 Å². The van der Waals surface area contributed by atoms with E-state index in [0.29, 0.717) is 5.69 Å². The van der Waals surface area contributed by atoms with Crippen molar-refractivity contribution in [2.45, 2.75) is 30.7 Å². The standard InChI is InChI=1S/C17H16ClFN2O3S/c1-11(22)21(13-7-8-13)16-9-6-12(19)10-15(16)20-25(23,24)17-5-3-2-4-14(17)18/h2-6,9-10,13,20H,7-8H2,1H3. The van der Waals surface area contributed by atoms with Gasteiger partial charge in [-0.05, 0) is 37.1 Å². The molecule has 0 saturated heterocycles. The van der Waals surface area contributed by atoms with Crippen molar-refractivity contribution in [3.63, 3.8) is 0 Å². The maximum absolute atomic E-state index is 13.7. The minimum atomic E-state index is -4.03. The first-order valence-corrected chi connectivity index (χ1v) is 9.52. The normalized spacial score (nSPS) is 14.2. The molecule has 1 aliphatic carbocycles. The molecule has 0 aromatic heterocycles. The second-order valence-corrected chi connectivity index (χ2v) is 7.88. The molecule has 8 heteroatoms. The first-order valence-electron chi connectivity index (χ1n) is 7.66. The summed E-state index contributed by atoms with van der Waals surface area (Å²) in [6.07, 6.45) is 1.65. The number of hydrogen-bond acceptors (Lipinski definition) is 3. The van der Waals surface area contributed by atoms with E-state index in [2.05, 4.69) is 4.72 Å². The number of rotatable bonds is 5. The summed E-state index contributed by atoms with van der Waals surface area (Å²) in [6.45, 7) is 1.40. The number of amides is 1. The van der Waals surface area contributed by atoms with E-state index < -0.39 is 15.8 Å². The Balaban J connectivity index is 2.04. The molecule has 1 N–H and O–H groups in total. The van der Waals surface area contributed by atoms with Crippen molar-refractivity contribution in [2.24, 2.45) is 0 Å². The van der Waals surface area contributed by atoms with Crippen LogP contribution in [0.1, 0.15) is 19.8 Å². The molecular formula is C17H16ClFN2O3S. The van der Waals surface area contributed by atoms with Gasteiger partial charge in [-0.3, -0.25) is 9.52 Å². The van der Waals surface area contributed by atoms with Crippen LogP contribution in [0.4, 0.5) is 15.8 Å². The molecule has 1 fully saturated rings. The molecule has 0 atom stereocenters. The molecule has 132 valence electrons. The Morgan fingerprint density at radius 3 is 2.52 bits per heavy atom. The van der Waals surface area contributed by atoms with Gasteiger partial charge in [-0.2, -0.15) is 0 Å². The van der Waals surface area contributed by atoms with Gasteiger partial charge in [-0.15, -0.1) is 0 Å². The number of nitrogens with zero attached hydrogens (tertiary/aromatic N) is 1. The molecule has 2 aromatic carbocycles. The lowest BCUT2D eigenvalue weighted by Gasteiger charge is -2.24. The van der Waals surface area contributed by atoms with Gasteiger partial charge in [-0.1, -0.05) is 23.7 Å². The zero-order valence-corrected chi connectivity index (χ0v) is 14.9. The minimum Gasteiger partial charge on any atom is -0.308 e. The van der Waals surface area contributed by atoms with Gasteiger partial charge in [0.1, 0.15) is 10.7 Å². The topological polar surface area (TPSA) is 66.5 Å². The zero-order valence-electron chi connectivity index (χ0n) is 13.4. The van der Waals surface area contributed by atoms with Crippen molar-refractivity contribution >= 4 is 38.9 Å². The Labute approximate surface area is 150 Å². The quantitative estimate of drug-likeness (QED) is 0.855. The Bertz CT molecular complexity index is 929. The minimum absolute atomic E-state index is 0.00187. The highest BCUT2D eigenvalue weighted by Gasteiger charge is 2.34. The van der Waals surface area contributed by atoms with Gasteiger partial charge in [0.2, 0.25) is 5.91 Å². The van der Waals surface area contributed by atoms with Gasteiger partial charge in [0, 0.05) is 19.0 Å². The van der Waals surface area contributed by atoms with E-state index in [1.54, 1.807) is 12.1 Å². The van der Waals surface area contributed by atoms with E-state index in [1.165, 1.54) is 36.1 Å². The van der Waals surface area contributed by atoms with Crippen LogP contribution >= 0.6 is 11.6 Å². The SMILES string of the molecule is CC(=O)N(c1ccc(F)cc1NS(=O)(=O)c1ccccc1Cl)C1CC1. The number of sulfonamides is 1. The van der Waals surface area contributed by atoms with Gasteiger partial charge in [0.15, 0.2) is 0 Å². The molecule has 0 heterocycles. The highest BCUT2D eigenvalue weighted by atomic mass is 35.5. The first-order chi connectivity index (χ1) is 11.8. The van der Waals surface area contributed by atoms with Crippen molar-refractivity contribution in [1.29, 1.82) is 0 Å². The van der Waals surface area contributed by atoms with Crippen molar-refractivity contribution in [3.05, 3.63) is 53.3 Å². The maximum Gasteiger partial charge on any atom is 0.263 e. The Hall–Kier alpha value is -2.12. The third-order valence-electron chi connectivity index (χ3n) is 3.84. The van der Waals surface area contributed by atoms with Crippen LogP contribution in [0.25, 0.3) is 0 Å². The fourth-order valence-electron chi connectivity index (χ4n) is 2.62. The first kappa shape index (κ1) is 17.7. The summed E-state index contributed by atoms with van der Waals surface area (Å²) < 4.78 is 41.4. The molecule has 25 heavy (non-hydrogen) atoms. The van der Waals surface area contributed by atoms with Gasteiger partial charge >= 0.3 is 0 Å². The van der Waals surface area contributed by atoms with Crippen LogP contribution in [0.2, 0.25) is 5.02 Å². The number of carbonyl (C=O) groups excluding carboxylic acids is 1. The van der Waals surface area contributed by atoms with Crippen LogP contribution in [-0.4, -0.2) is 20.4 Å².